The van der Waals surface area contributed by atoms with Crippen LogP contribution in [0.1, 0.15) is 6.92 Å². The second-order valence-electron chi connectivity index (χ2n) is 5.14. The van der Waals surface area contributed by atoms with Gasteiger partial charge in [0.05, 0.1) is 5.69 Å². The van der Waals surface area contributed by atoms with Gasteiger partial charge in [-0.1, -0.05) is 0 Å². The second kappa shape index (κ2) is 5.55. The molecule has 1 aromatic rings. The maximum Gasteiger partial charge on any atom is 0.324 e. The highest BCUT2D eigenvalue weighted by atomic mass is 16.5. The molecule has 3 rings (SSSR count). The van der Waals surface area contributed by atoms with Gasteiger partial charge >= 0.3 is 6.03 Å². The van der Waals surface area contributed by atoms with E-state index in [1.54, 1.807) is 25.1 Å². The van der Waals surface area contributed by atoms with E-state index < -0.39 is 6.04 Å². The van der Waals surface area contributed by atoms with Crippen LogP contribution in [-0.2, 0) is 9.59 Å². The lowest BCUT2D eigenvalue weighted by molar-refractivity contribution is -0.128. The summed E-state index contributed by atoms with van der Waals surface area (Å²) in [6.07, 6.45) is 0. The van der Waals surface area contributed by atoms with E-state index in [1.807, 2.05) is 0 Å². The molecular formula is C14H16N4O4. The molecule has 2 aliphatic rings. The number of carbonyl (C=O) groups is 3. The number of nitrogens with one attached hydrogen (secondary N) is 3. The van der Waals surface area contributed by atoms with E-state index in [4.69, 9.17) is 4.74 Å². The fraction of sp³-hybridized carbons (Fsp3) is 0.357. The number of ether oxygens (including phenoxy) is 1. The summed E-state index contributed by atoms with van der Waals surface area (Å²) in [4.78, 5) is 36.2. The molecule has 0 saturated carbocycles. The van der Waals surface area contributed by atoms with Crippen molar-refractivity contribution < 1.29 is 19.1 Å². The number of fused-ring (bicyclic) bond motifs is 1. The minimum atomic E-state index is -0.567. The number of anilines is 2. The maximum absolute atomic E-state index is 12.2. The summed E-state index contributed by atoms with van der Waals surface area (Å²) in [6, 6.07) is 4.23. The first-order valence-corrected chi connectivity index (χ1v) is 6.97. The standard InChI is InChI=1S/C14H16N4O4/c1-8(13(20)18-5-4-15-14(18)21)16-9-2-3-11-10(6-9)17-12(19)7-22-11/h2-3,6,8,16H,4-5,7H2,1H3,(H,15,21)(H,17,19). The Morgan fingerprint density at radius 3 is 2.95 bits per heavy atom. The van der Waals surface area contributed by atoms with Crippen molar-refractivity contribution >= 4 is 29.2 Å². The number of hydrogen-bond donors (Lipinski definition) is 3. The number of carbonyl (C=O) groups excluding carboxylic acids is 3. The summed E-state index contributed by atoms with van der Waals surface area (Å²) in [5.41, 5.74) is 1.21. The van der Waals surface area contributed by atoms with E-state index in [2.05, 4.69) is 16.0 Å². The summed E-state index contributed by atoms with van der Waals surface area (Å²) in [5, 5.41) is 8.32. The SMILES string of the molecule is CC(Nc1ccc2c(c1)NC(=O)CO2)C(=O)N1CCNC1=O. The molecule has 8 heteroatoms. The molecular weight excluding hydrogens is 288 g/mol. The summed E-state index contributed by atoms with van der Waals surface area (Å²) in [7, 11) is 0. The third-order valence-corrected chi connectivity index (χ3v) is 3.49. The fourth-order valence-electron chi connectivity index (χ4n) is 2.40. The molecule has 0 aliphatic carbocycles. The molecule has 1 fully saturated rings. The Hall–Kier alpha value is -2.77. The zero-order valence-corrected chi connectivity index (χ0v) is 12.0. The quantitative estimate of drug-likeness (QED) is 0.749. The highest BCUT2D eigenvalue weighted by Gasteiger charge is 2.29. The number of hydrogen-bond acceptors (Lipinski definition) is 5. The Bertz CT molecular complexity index is 646. The molecule has 22 heavy (non-hydrogen) atoms. The first-order chi connectivity index (χ1) is 10.5. The normalized spacial score (nSPS) is 18.0. The first-order valence-electron chi connectivity index (χ1n) is 6.97. The molecule has 1 aromatic carbocycles. The monoisotopic (exact) mass is 304 g/mol. The van der Waals surface area contributed by atoms with Gasteiger partial charge in [0.15, 0.2) is 6.61 Å². The first kappa shape index (κ1) is 14.2. The van der Waals surface area contributed by atoms with Gasteiger partial charge < -0.3 is 20.7 Å². The molecule has 8 nitrogen and oxygen atoms in total. The van der Waals surface area contributed by atoms with Crippen LogP contribution >= 0.6 is 0 Å². The topological polar surface area (TPSA) is 99.8 Å². The van der Waals surface area contributed by atoms with Crippen molar-refractivity contribution in [1.29, 1.82) is 0 Å². The van der Waals surface area contributed by atoms with Gasteiger partial charge in [0.1, 0.15) is 11.8 Å². The van der Waals surface area contributed by atoms with Crippen molar-refractivity contribution in [2.45, 2.75) is 13.0 Å². The van der Waals surface area contributed by atoms with Crippen molar-refractivity contribution in [3.8, 4) is 5.75 Å². The second-order valence-corrected chi connectivity index (χ2v) is 5.14. The summed E-state index contributed by atoms with van der Waals surface area (Å²) in [6.45, 7) is 2.53. The minimum Gasteiger partial charge on any atom is -0.482 e. The molecule has 2 aliphatic heterocycles. The van der Waals surface area contributed by atoms with Crippen LogP contribution in [0.15, 0.2) is 18.2 Å². The predicted molar refractivity (Wildman–Crippen MR) is 78.8 cm³/mol. The highest BCUT2D eigenvalue weighted by molar-refractivity contribution is 5.99. The van der Waals surface area contributed by atoms with E-state index in [0.29, 0.717) is 30.2 Å². The average Bonchev–Trinajstić information content (AvgIpc) is 2.92. The number of imide groups is 1. The minimum absolute atomic E-state index is 0.00125. The summed E-state index contributed by atoms with van der Waals surface area (Å²) < 4.78 is 5.27. The molecule has 0 spiro atoms. The van der Waals surface area contributed by atoms with Crippen LogP contribution in [0, 0.1) is 0 Å². The lowest BCUT2D eigenvalue weighted by atomic mass is 10.2. The molecule has 0 radical (unpaired) electrons. The largest absolute Gasteiger partial charge is 0.482 e. The summed E-state index contributed by atoms with van der Waals surface area (Å²) >= 11 is 0. The Morgan fingerprint density at radius 2 is 2.23 bits per heavy atom. The number of benzene rings is 1. The van der Waals surface area contributed by atoms with E-state index in [0.717, 1.165) is 0 Å². The molecule has 2 heterocycles. The molecule has 0 aromatic heterocycles. The molecule has 1 saturated heterocycles. The van der Waals surface area contributed by atoms with Crippen LogP contribution in [0.3, 0.4) is 0 Å². The zero-order valence-electron chi connectivity index (χ0n) is 12.0. The Balaban J connectivity index is 1.70. The van der Waals surface area contributed by atoms with Gasteiger partial charge in [-0.2, -0.15) is 0 Å². The Morgan fingerprint density at radius 1 is 1.41 bits per heavy atom. The van der Waals surface area contributed by atoms with Crippen LogP contribution in [0.4, 0.5) is 16.2 Å². The van der Waals surface area contributed by atoms with Gasteiger partial charge in [0.25, 0.3) is 11.8 Å². The highest BCUT2D eigenvalue weighted by Crippen LogP contribution is 2.30. The van der Waals surface area contributed by atoms with Crippen LogP contribution in [0.25, 0.3) is 0 Å². The number of rotatable bonds is 3. The maximum atomic E-state index is 12.2. The Kier molecular flexibility index (Phi) is 3.58. The van der Waals surface area contributed by atoms with Crippen molar-refractivity contribution in [3.05, 3.63) is 18.2 Å². The van der Waals surface area contributed by atoms with Gasteiger partial charge in [-0.05, 0) is 25.1 Å². The molecule has 0 bridgehead atoms. The third kappa shape index (κ3) is 2.67. The van der Waals surface area contributed by atoms with Crippen molar-refractivity contribution in [2.24, 2.45) is 0 Å². The number of urea groups is 1. The lowest BCUT2D eigenvalue weighted by Gasteiger charge is -2.22. The number of nitrogens with zero attached hydrogens (tertiary/aromatic N) is 1. The van der Waals surface area contributed by atoms with E-state index in [1.165, 1.54) is 4.90 Å². The van der Waals surface area contributed by atoms with Crippen molar-refractivity contribution in [2.75, 3.05) is 30.3 Å². The molecule has 1 unspecified atom stereocenters. The number of amides is 4. The summed E-state index contributed by atoms with van der Waals surface area (Å²) in [5.74, 6) is 0.0681. The molecule has 1 atom stereocenters. The zero-order chi connectivity index (χ0) is 15.7. The van der Waals surface area contributed by atoms with Crippen molar-refractivity contribution in [1.82, 2.24) is 10.2 Å². The van der Waals surface area contributed by atoms with Crippen LogP contribution in [0.5, 0.6) is 5.75 Å². The lowest BCUT2D eigenvalue weighted by Crippen LogP contribution is -2.43. The van der Waals surface area contributed by atoms with E-state index in [9.17, 15) is 14.4 Å². The molecule has 116 valence electrons. The van der Waals surface area contributed by atoms with Gasteiger partial charge in [0.2, 0.25) is 0 Å². The smallest absolute Gasteiger partial charge is 0.324 e. The van der Waals surface area contributed by atoms with Crippen molar-refractivity contribution in [3.63, 3.8) is 0 Å². The van der Waals surface area contributed by atoms with Crippen LogP contribution in [0.2, 0.25) is 0 Å². The molecule has 3 N–H and O–H groups in total. The molecule has 4 amide bonds. The predicted octanol–water partition coefficient (Wildman–Crippen LogP) is 0.370. The van der Waals surface area contributed by atoms with E-state index in [-0.39, 0.29) is 24.5 Å². The fourth-order valence-corrected chi connectivity index (χ4v) is 2.40. The Labute approximate surface area is 126 Å². The van der Waals surface area contributed by atoms with Gasteiger partial charge in [0, 0.05) is 18.8 Å². The van der Waals surface area contributed by atoms with Gasteiger partial charge in [-0.3, -0.25) is 14.5 Å². The van der Waals surface area contributed by atoms with E-state index >= 15 is 0 Å². The van der Waals surface area contributed by atoms with Crippen LogP contribution in [-0.4, -0.2) is 48.5 Å². The van der Waals surface area contributed by atoms with Gasteiger partial charge in [-0.25, -0.2) is 4.79 Å². The van der Waals surface area contributed by atoms with Gasteiger partial charge in [-0.15, -0.1) is 0 Å². The van der Waals surface area contributed by atoms with Crippen LogP contribution < -0.4 is 20.7 Å². The third-order valence-electron chi connectivity index (χ3n) is 3.49. The average molecular weight is 304 g/mol.